The van der Waals surface area contributed by atoms with Gasteiger partial charge in [-0.05, 0) is 74.8 Å². The first kappa shape index (κ1) is 20.1. The van der Waals surface area contributed by atoms with E-state index in [2.05, 4.69) is 30.3 Å². The molecule has 1 amide bonds. The number of hydrogen-bond acceptors (Lipinski definition) is 4. The SMILES string of the molecule is CCC1(c2cccc(OC(=O)Nc3ccc(C=O)cc3)c2)CCCCN(C)C1. The maximum atomic E-state index is 12.3. The Morgan fingerprint density at radius 2 is 2.00 bits per heavy atom. The van der Waals surface area contributed by atoms with Crippen molar-refractivity contribution in [1.29, 1.82) is 0 Å². The van der Waals surface area contributed by atoms with Gasteiger partial charge in [-0.3, -0.25) is 10.1 Å². The number of hydrogen-bond donors (Lipinski definition) is 1. The molecule has 0 radical (unpaired) electrons. The Labute approximate surface area is 166 Å². The van der Waals surface area contributed by atoms with Crippen molar-refractivity contribution in [2.45, 2.75) is 38.0 Å². The number of aldehydes is 1. The summed E-state index contributed by atoms with van der Waals surface area (Å²) in [5.74, 6) is 0.541. The quantitative estimate of drug-likeness (QED) is 0.752. The van der Waals surface area contributed by atoms with Crippen LogP contribution in [-0.4, -0.2) is 37.4 Å². The van der Waals surface area contributed by atoms with E-state index in [1.165, 1.54) is 18.4 Å². The molecule has 0 bridgehead atoms. The van der Waals surface area contributed by atoms with Gasteiger partial charge in [0.2, 0.25) is 0 Å². The maximum Gasteiger partial charge on any atom is 0.417 e. The van der Waals surface area contributed by atoms with E-state index >= 15 is 0 Å². The highest BCUT2D eigenvalue weighted by Crippen LogP contribution is 2.37. The molecule has 2 aromatic rings. The third kappa shape index (κ3) is 4.78. The average Bonchev–Trinajstić information content (AvgIpc) is 2.90. The van der Waals surface area contributed by atoms with E-state index in [-0.39, 0.29) is 5.41 Å². The molecule has 5 heteroatoms. The zero-order valence-corrected chi connectivity index (χ0v) is 16.6. The molecular formula is C23H28N2O3. The van der Waals surface area contributed by atoms with Crippen molar-refractivity contribution >= 4 is 18.1 Å². The monoisotopic (exact) mass is 380 g/mol. The van der Waals surface area contributed by atoms with Gasteiger partial charge in [-0.2, -0.15) is 0 Å². The van der Waals surface area contributed by atoms with Crippen LogP contribution in [0.3, 0.4) is 0 Å². The Hall–Kier alpha value is -2.66. The highest BCUT2D eigenvalue weighted by atomic mass is 16.6. The average molecular weight is 380 g/mol. The van der Waals surface area contributed by atoms with Gasteiger partial charge in [0, 0.05) is 23.2 Å². The van der Waals surface area contributed by atoms with Crippen LogP contribution in [0.2, 0.25) is 0 Å². The minimum absolute atomic E-state index is 0.0890. The molecule has 0 saturated carbocycles. The number of nitrogens with one attached hydrogen (secondary N) is 1. The molecule has 2 aromatic carbocycles. The number of benzene rings is 2. The predicted molar refractivity (Wildman–Crippen MR) is 111 cm³/mol. The molecule has 5 nitrogen and oxygen atoms in total. The number of amides is 1. The number of ether oxygens (including phenoxy) is 1. The zero-order valence-electron chi connectivity index (χ0n) is 16.6. The fourth-order valence-corrected chi connectivity index (χ4v) is 4.03. The minimum Gasteiger partial charge on any atom is -0.410 e. The minimum atomic E-state index is -0.542. The number of rotatable bonds is 5. The Bertz CT molecular complexity index is 819. The maximum absolute atomic E-state index is 12.3. The van der Waals surface area contributed by atoms with Crippen LogP contribution in [0.25, 0.3) is 0 Å². The normalized spacial score (nSPS) is 20.2. The highest BCUT2D eigenvalue weighted by Gasteiger charge is 2.33. The van der Waals surface area contributed by atoms with Crippen molar-refractivity contribution in [3.8, 4) is 5.75 Å². The number of carbonyl (C=O) groups is 2. The van der Waals surface area contributed by atoms with E-state index in [9.17, 15) is 9.59 Å². The summed E-state index contributed by atoms with van der Waals surface area (Å²) in [6.45, 7) is 4.38. The van der Waals surface area contributed by atoms with E-state index in [0.29, 0.717) is 17.0 Å². The van der Waals surface area contributed by atoms with E-state index in [4.69, 9.17) is 4.74 Å². The molecule has 1 heterocycles. The molecule has 1 fully saturated rings. The number of likely N-dealkylation sites (N-methyl/N-ethyl adjacent to an activating group) is 1. The van der Waals surface area contributed by atoms with Gasteiger partial charge in [-0.15, -0.1) is 0 Å². The summed E-state index contributed by atoms with van der Waals surface area (Å²) in [5, 5.41) is 2.70. The molecule has 1 N–H and O–H groups in total. The molecule has 1 aliphatic rings. The molecular weight excluding hydrogens is 352 g/mol. The lowest BCUT2D eigenvalue weighted by molar-refractivity contribution is 0.112. The van der Waals surface area contributed by atoms with Gasteiger partial charge < -0.3 is 9.64 Å². The predicted octanol–water partition coefficient (Wildman–Crippen LogP) is 4.87. The van der Waals surface area contributed by atoms with Crippen LogP contribution in [0.15, 0.2) is 48.5 Å². The molecule has 1 saturated heterocycles. The van der Waals surface area contributed by atoms with Crippen LogP contribution in [0, 0.1) is 0 Å². The molecule has 0 spiro atoms. The second-order valence-electron chi connectivity index (χ2n) is 7.61. The molecule has 0 aliphatic carbocycles. The van der Waals surface area contributed by atoms with Crippen LogP contribution in [0.5, 0.6) is 5.75 Å². The second-order valence-corrected chi connectivity index (χ2v) is 7.61. The molecule has 1 aliphatic heterocycles. The molecule has 1 atom stereocenters. The van der Waals surface area contributed by atoms with E-state index in [1.807, 2.05) is 18.2 Å². The zero-order chi connectivity index (χ0) is 20.0. The summed E-state index contributed by atoms with van der Waals surface area (Å²) in [5.41, 5.74) is 2.46. The van der Waals surface area contributed by atoms with Gasteiger partial charge in [0.25, 0.3) is 0 Å². The molecule has 148 valence electrons. The van der Waals surface area contributed by atoms with Crippen LogP contribution in [-0.2, 0) is 5.41 Å². The topological polar surface area (TPSA) is 58.6 Å². The Kier molecular flexibility index (Phi) is 6.47. The summed E-state index contributed by atoms with van der Waals surface area (Å²) >= 11 is 0. The van der Waals surface area contributed by atoms with E-state index in [1.54, 1.807) is 24.3 Å². The van der Waals surface area contributed by atoms with Gasteiger partial charge in [-0.25, -0.2) is 4.79 Å². The molecule has 0 aromatic heterocycles. The Balaban J connectivity index is 1.72. The highest BCUT2D eigenvalue weighted by molar-refractivity contribution is 5.87. The third-order valence-electron chi connectivity index (χ3n) is 5.64. The first-order valence-corrected chi connectivity index (χ1v) is 9.88. The lowest BCUT2D eigenvalue weighted by Gasteiger charge is -2.35. The van der Waals surface area contributed by atoms with Gasteiger partial charge in [0.05, 0.1) is 0 Å². The smallest absolute Gasteiger partial charge is 0.410 e. The number of carbonyl (C=O) groups excluding carboxylic acids is 2. The van der Waals surface area contributed by atoms with Crippen molar-refractivity contribution < 1.29 is 14.3 Å². The van der Waals surface area contributed by atoms with Gasteiger partial charge >= 0.3 is 6.09 Å². The van der Waals surface area contributed by atoms with Crippen LogP contribution in [0.1, 0.15) is 48.5 Å². The first-order valence-electron chi connectivity index (χ1n) is 9.88. The van der Waals surface area contributed by atoms with Crippen molar-refractivity contribution in [3.63, 3.8) is 0 Å². The summed E-state index contributed by atoms with van der Waals surface area (Å²) in [4.78, 5) is 25.4. The molecule has 28 heavy (non-hydrogen) atoms. The summed E-state index contributed by atoms with van der Waals surface area (Å²) in [6, 6.07) is 14.6. The van der Waals surface area contributed by atoms with Gasteiger partial charge in [0.15, 0.2) is 0 Å². The fourth-order valence-electron chi connectivity index (χ4n) is 4.03. The fraction of sp³-hybridized carbons (Fsp3) is 0.391. The van der Waals surface area contributed by atoms with Gasteiger partial charge in [-0.1, -0.05) is 25.5 Å². The van der Waals surface area contributed by atoms with E-state index < -0.39 is 6.09 Å². The Morgan fingerprint density at radius 3 is 2.71 bits per heavy atom. The first-order chi connectivity index (χ1) is 13.5. The standard InChI is InChI=1S/C23H28N2O3/c1-3-23(13-4-5-14-25(2)17-23)19-7-6-8-21(15-19)28-22(27)24-20-11-9-18(16-26)10-12-20/h6-12,15-16H,3-5,13-14,17H2,1-2H3,(H,24,27). The largest absolute Gasteiger partial charge is 0.417 e. The Morgan fingerprint density at radius 1 is 1.21 bits per heavy atom. The van der Waals surface area contributed by atoms with Crippen molar-refractivity contribution in [2.24, 2.45) is 0 Å². The number of likely N-dealkylation sites (tertiary alicyclic amines) is 1. The lowest BCUT2D eigenvalue weighted by Crippen LogP contribution is -2.37. The van der Waals surface area contributed by atoms with Crippen LogP contribution in [0.4, 0.5) is 10.5 Å². The summed E-state index contributed by atoms with van der Waals surface area (Å²) < 4.78 is 5.52. The number of nitrogens with zero attached hydrogens (tertiary/aromatic N) is 1. The van der Waals surface area contributed by atoms with Gasteiger partial charge in [0.1, 0.15) is 12.0 Å². The second kappa shape index (κ2) is 9.02. The third-order valence-corrected chi connectivity index (χ3v) is 5.64. The van der Waals surface area contributed by atoms with Crippen molar-refractivity contribution in [3.05, 3.63) is 59.7 Å². The van der Waals surface area contributed by atoms with Crippen molar-refractivity contribution in [2.75, 3.05) is 25.5 Å². The molecule has 3 rings (SSSR count). The summed E-state index contributed by atoms with van der Waals surface area (Å²) in [7, 11) is 2.18. The van der Waals surface area contributed by atoms with Crippen LogP contribution >= 0.6 is 0 Å². The number of anilines is 1. The van der Waals surface area contributed by atoms with Crippen LogP contribution < -0.4 is 10.1 Å². The lowest BCUT2D eigenvalue weighted by atomic mass is 9.74. The van der Waals surface area contributed by atoms with Crippen molar-refractivity contribution in [1.82, 2.24) is 4.90 Å². The van der Waals surface area contributed by atoms with E-state index in [0.717, 1.165) is 32.2 Å². The molecule has 1 unspecified atom stereocenters. The summed E-state index contributed by atoms with van der Waals surface area (Å²) in [6.07, 6.45) is 4.85.